The molecule has 2 aliphatic rings. The van der Waals surface area contributed by atoms with Crippen LogP contribution in [0.25, 0.3) is 11.4 Å². The van der Waals surface area contributed by atoms with E-state index >= 15 is 0 Å². The molecule has 10 nitrogen and oxygen atoms in total. The zero-order valence-electron chi connectivity index (χ0n) is 14.7. The maximum absolute atomic E-state index is 11.3. The summed E-state index contributed by atoms with van der Waals surface area (Å²) in [7, 11) is 0. The molecular weight excluding hydrogens is 380 g/mol. The molecule has 0 atom stereocenters. The molecule has 0 unspecified atom stereocenters. The largest absolute Gasteiger partial charge is 0.361 e. The van der Waals surface area contributed by atoms with Crippen molar-refractivity contribution in [1.29, 1.82) is 0 Å². The van der Waals surface area contributed by atoms with Crippen molar-refractivity contribution in [3.8, 4) is 11.4 Å². The van der Waals surface area contributed by atoms with Gasteiger partial charge in [0.2, 0.25) is 5.82 Å². The summed E-state index contributed by atoms with van der Waals surface area (Å²) in [5.41, 5.74) is 0.833. The highest BCUT2D eigenvalue weighted by atomic mass is 32.2. The Kier molecular flexibility index (Phi) is 4.15. The summed E-state index contributed by atoms with van der Waals surface area (Å²) in [4.78, 5) is 23.4. The van der Waals surface area contributed by atoms with E-state index in [2.05, 4.69) is 35.0 Å². The number of hydrogen-bond donors (Lipinski definition) is 1. The first-order valence-corrected chi connectivity index (χ1v) is 9.82. The number of anilines is 1. The van der Waals surface area contributed by atoms with Crippen molar-refractivity contribution < 1.29 is 4.92 Å². The molecule has 0 amide bonds. The number of hydrogen-bond acceptors (Lipinski definition) is 9. The van der Waals surface area contributed by atoms with Crippen molar-refractivity contribution in [2.45, 2.75) is 48.1 Å². The van der Waals surface area contributed by atoms with E-state index in [1.165, 1.54) is 18.0 Å². The standard InChI is InChI=1S/C17H16N8O2S/c26-25(27)13-9-19-16(21-14(13)20-11-1-2-11)28-17-23-22-15(24(17)12-3-4-12)10-5-7-18-8-6-10/h5-9,11-12H,1-4H2,(H,19,20,21). The molecule has 2 aliphatic carbocycles. The van der Waals surface area contributed by atoms with E-state index in [0.717, 1.165) is 37.1 Å². The Labute approximate surface area is 164 Å². The van der Waals surface area contributed by atoms with Crippen molar-refractivity contribution in [3.05, 3.63) is 40.8 Å². The van der Waals surface area contributed by atoms with Crippen molar-refractivity contribution >= 4 is 23.3 Å². The number of rotatable bonds is 7. The number of aromatic nitrogens is 6. The zero-order chi connectivity index (χ0) is 19.1. The van der Waals surface area contributed by atoms with Gasteiger partial charge in [-0.05, 0) is 49.6 Å². The maximum Gasteiger partial charge on any atom is 0.329 e. The van der Waals surface area contributed by atoms with E-state index in [9.17, 15) is 10.1 Å². The quantitative estimate of drug-likeness (QED) is 0.364. The van der Waals surface area contributed by atoms with Gasteiger partial charge in [-0.1, -0.05) is 0 Å². The lowest BCUT2D eigenvalue weighted by atomic mass is 10.2. The second-order valence-electron chi connectivity index (χ2n) is 6.81. The fraction of sp³-hybridized carbons (Fsp3) is 0.353. The van der Waals surface area contributed by atoms with Gasteiger partial charge >= 0.3 is 5.69 Å². The van der Waals surface area contributed by atoms with E-state index in [1.54, 1.807) is 12.4 Å². The van der Waals surface area contributed by atoms with Crippen LogP contribution in [-0.4, -0.2) is 40.7 Å². The first kappa shape index (κ1) is 17.0. The fourth-order valence-corrected chi connectivity index (χ4v) is 3.68. The van der Waals surface area contributed by atoms with E-state index in [4.69, 9.17) is 0 Å². The second kappa shape index (κ2) is 6.82. The van der Waals surface area contributed by atoms with Gasteiger partial charge in [0.05, 0.1) is 4.92 Å². The molecule has 2 saturated carbocycles. The Balaban J connectivity index is 1.48. The first-order valence-electron chi connectivity index (χ1n) is 9.00. The molecule has 5 rings (SSSR count). The smallest absolute Gasteiger partial charge is 0.329 e. The molecule has 0 aliphatic heterocycles. The van der Waals surface area contributed by atoms with E-state index in [1.807, 2.05) is 12.1 Å². The van der Waals surface area contributed by atoms with Crippen LogP contribution in [0.2, 0.25) is 0 Å². The van der Waals surface area contributed by atoms with Gasteiger partial charge in [-0.25, -0.2) is 4.98 Å². The van der Waals surface area contributed by atoms with Crippen LogP contribution in [0.1, 0.15) is 31.7 Å². The zero-order valence-corrected chi connectivity index (χ0v) is 15.5. The van der Waals surface area contributed by atoms with Gasteiger partial charge in [0.15, 0.2) is 16.1 Å². The molecule has 3 heterocycles. The molecule has 0 saturated heterocycles. The molecule has 2 fully saturated rings. The minimum Gasteiger partial charge on any atom is -0.361 e. The summed E-state index contributed by atoms with van der Waals surface area (Å²) in [6, 6.07) is 4.40. The van der Waals surface area contributed by atoms with Gasteiger partial charge < -0.3 is 5.32 Å². The minimum absolute atomic E-state index is 0.114. The van der Waals surface area contributed by atoms with Crippen LogP contribution in [-0.2, 0) is 0 Å². The molecule has 3 aromatic rings. The summed E-state index contributed by atoms with van der Waals surface area (Å²) >= 11 is 1.27. The van der Waals surface area contributed by atoms with Crippen LogP contribution < -0.4 is 5.32 Å². The average Bonchev–Trinajstić information content (AvgIpc) is 3.63. The van der Waals surface area contributed by atoms with E-state index < -0.39 is 4.92 Å². The van der Waals surface area contributed by atoms with Crippen molar-refractivity contribution in [2.24, 2.45) is 0 Å². The lowest BCUT2D eigenvalue weighted by Gasteiger charge is -2.09. The summed E-state index contributed by atoms with van der Waals surface area (Å²) in [6.45, 7) is 0. The summed E-state index contributed by atoms with van der Waals surface area (Å²) in [6.07, 6.45) is 8.83. The molecule has 0 bridgehead atoms. The number of nitrogens with one attached hydrogen (secondary N) is 1. The van der Waals surface area contributed by atoms with Gasteiger partial charge in [0.25, 0.3) is 0 Å². The minimum atomic E-state index is -0.465. The van der Waals surface area contributed by atoms with Crippen LogP contribution >= 0.6 is 11.8 Å². The van der Waals surface area contributed by atoms with E-state index in [-0.39, 0.29) is 17.5 Å². The van der Waals surface area contributed by atoms with Gasteiger partial charge in [-0.2, -0.15) is 4.98 Å². The molecule has 0 aromatic carbocycles. The summed E-state index contributed by atoms with van der Waals surface area (Å²) < 4.78 is 2.10. The Bertz CT molecular complexity index is 1030. The van der Waals surface area contributed by atoms with Gasteiger partial charge in [-0.15, -0.1) is 10.2 Å². The van der Waals surface area contributed by atoms with Crippen molar-refractivity contribution in [3.63, 3.8) is 0 Å². The molecule has 3 aromatic heterocycles. The summed E-state index contributed by atoms with van der Waals surface area (Å²) in [5.74, 6) is 1.04. The predicted molar refractivity (Wildman–Crippen MR) is 101 cm³/mol. The van der Waals surface area contributed by atoms with Crippen LogP contribution in [0.4, 0.5) is 11.5 Å². The van der Waals surface area contributed by atoms with Crippen LogP contribution in [0.15, 0.2) is 41.0 Å². The molecule has 11 heteroatoms. The van der Waals surface area contributed by atoms with E-state index in [0.29, 0.717) is 16.4 Å². The topological polar surface area (TPSA) is 125 Å². The summed E-state index contributed by atoms with van der Waals surface area (Å²) in [5, 5.41) is 24.1. The number of pyridine rings is 1. The van der Waals surface area contributed by atoms with Gasteiger partial charge in [0, 0.05) is 30.0 Å². The lowest BCUT2D eigenvalue weighted by molar-refractivity contribution is -0.384. The average molecular weight is 396 g/mol. The Hall–Kier alpha value is -3.08. The third-order valence-corrected chi connectivity index (χ3v) is 5.40. The molecule has 1 N–H and O–H groups in total. The molecule has 28 heavy (non-hydrogen) atoms. The third kappa shape index (κ3) is 3.40. The molecule has 0 spiro atoms. The van der Waals surface area contributed by atoms with Crippen LogP contribution in [0.3, 0.4) is 0 Å². The Morgan fingerprint density at radius 3 is 2.64 bits per heavy atom. The van der Waals surface area contributed by atoms with Crippen LogP contribution in [0, 0.1) is 10.1 Å². The fourth-order valence-electron chi connectivity index (χ4n) is 2.86. The molecule has 142 valence electrons. The number of nitrogens with zero attached hydrogens (tertiary/aromatic N) is 7. The predicted octanol–water partition coefficient (Wildman–Crippen LogP) is 3.10. The molecular formula is C17H16N8O2S. The number of nitro groups is 1. The van der Waals surface area contributed by atoms with Crippen molar-refractivity contribution in [2.75, 3.05) is 5.32 Å². The SMILES string of the molecule is O=[N+]([O-])c1cnc(Sc2nnc(-c3ccncc3)n2C2CC2)nc1NC1CC1. The second-order valence-corrected chi connectivity index (χ2v) is 7.74. The van der Waals surface area contributed by atoms with Gasteiger partial charge in [-0.3, -0.25) is 19.7 Å². The monoisotopic (exact) mass is 396 g/mol. The highest BCUT2D eigenvalue weighted by molar-refractivity contribution is 7.99. The van der Waals surface area contributed by atoms with Crippen LogP contribution in [0.5, 0.6) is 0 Å². The normalized spacial score (nSPS) is 16.1. The highest BCUT2D eigenvalue weighted by Crippen LogP contribution is 2.42. The van der Waals surface area contributed by atoms with Gasteiger partial charge in [0.1, 0.15) is 6.20 Å². The first-order chi connectivity index (χ1) is 13.7. The van der Waals surface area contributed by atoms with Crippen molar-refractivity contribution in [1.82, 2.24) is 29.7 Å². The maximum atomic E-state index is 11.3. The Morgan fingerprint density at radius 1 is 1.18 bits per heavy atom. The Morgan fingerprint density at radius 2 is 1.96 bits per heavy atom. The lowest BCUT2D eigenvalue weighted by Crippen LogP contribution is -2.08. The molecule has 0 radical (unpaired) electrons. The highest BCUT2D eigenvalue weighted by Gasteiger charge is 2.31. The third-order valence-electron chi connectivity index (χ3n) is 4.56.